The largest absolute Gasteiger partial charge is 0.366 e. The first-order valence-electron chi connectivity index (χ1n) is 6.44. The lowest BCUT2D eigenvalue weighted by Crippen LogP contribution is -2.17. The second kappa shape index (κ2) is 8.17. The Morgan fingerprint density at radius 3 is 1.76 bits per heavy atom. The summed E-state index contributed by atoms with van der Waals surface area (Å²) >= 11 is 0. The van der Waals surface area contributed by atoms with Crippen molar-refractivity contribution in [3.63, 3.8) is 0 Å². The molecule has 0 aliphatic rings. The Morgan fingerprint density at radius 1 is 0.762 bits per heavy atom. The Labute approximate surface area is 131 Å². The summed E-state index contributed by atoms with van der Waals surface area (Å²) in [6.07, 6.45) is 0. The van der Waals surface area contributed by atoms with E-state index in [-0.39, 0.29) is 12.4 Å². The normalized spacial score (nSPS) is 11.3. The summed E-state index contributed by atoms with van der Waals surface area (Å²) in [5, 5.41) is 8.37. The molecule has 0 aromatic heterocycles. The average molecular weight is 303 g/mol. The Balaban J connectivity index is 0.00000220. The molecule has 5 heteroatoms. The van der Waals surface area contributed by atoms with E-state index in [2.05, 4.69) is 15.2 Å². The van der Waals surface area contributed by atoms with Gasteiger partial charge in [-0.3, -0.25) is 0 Å². The number of nitrogens with zero attached hydrogens (tertiary/aromatic N) is 4. The molecule has 2 rings (SSSR count). The topological polar surface area (TPSA) is 40.3 Å². The van der Waals surface area contributed by atoms with Crippen LogP contribution >= 0.6 is 12.4 Å². The summed E-state index contributed by atoms with van der Waals surface area (Å²) in [7, 11) is 3.95. The molecule has 21 heavy (non-hydrogen) atoms. The predicted molar refractivity (Wildman–Crippen MR) is 90.8 cm³/mol. The monoisotopic (exact) mass is 302 g/mol. The fraction of sp³-hybridized carbons (Fsp3) is 0.188. The van der Waals surface area contributed by atoms with Gasteiger partial charge in [-0.25, -0.2) is 4.99 Å². The van der Waals surface area contributed by atoms with E-state index in [4.69, 9.17) is 0 Å². The number of rotatable bonds is 3. The highest BCUT2D eigenvalue weighted by Gasteiger charge is 1.95. The standard InChI is InChI=1S/C16H18N4.ClH/c1-13(20(2)3)17-14-9-11-16(12-10-14)19-18-15-7-5-4-6-8-15;/h4-12H,1-3H3;1H. The summed E-state index contributed by atoms with van der Waals surface area (Å²) in [6, 6.07) is 17.4. The first kappa shape index (κ1) is 16.9. The quantitative estimate of drug-likeness (QED) is 0.440. The van der Waals surface area contributed by atoms with Crippen molar-refractivity contribution in [1.82, 2.24) is 4.90 Å². The Bertz CT molecular complexity index is 604. The maximum atomic E-state index is 4.49. The smallest absolute Gasteiger partial charge is 0.101 e. The fourth-order valence-electron chi connectivity index (χ4n) is 1.49. The van der Waals surface area contributed by atoms with Gasteiger partial charge >= 0.3 is 0 Å². The number of halogens is 1. The van der Waals surface area contributed by atoms with Crippen LogP contribution in [0.5, 0.6) is 0 Å². The van der Waals surface area contributed by atoms with Crippen molar-refractivity contribution in [3.8, 4) is 0 Å². The van der Waals surface area contributed by atoms with Crippen LogP contribution in [0.2, 0.25) is 0 Å². The molecule has 0 spiro atoms. The Kier molecular flexibility index (Phi) is 6.56. The van der Waals surface area contributed by atoms with Crippen LogP contribution < -0.4 is 0 Å². The fourth-order valence-corrected chi connectivity index (χ4v) is 1.49. The van der Waals surface area contributed by atoms with E-state index in [0.29, 0.717) is 0 Å². The van der Waals surface area contributed by atoms with Gasteiger partial charge < -0.3 is 4.90 Å². The molecule has 0 aliphatic heterocycles. The molecule has 0 radical (unpaired) electrons. The van der Waals surface area contributed by atoms with Crippen molar-refractivity contribution >= 4 is 35.3 Å². The van der Waals surface area contributed by atoms with Crippen molar-refractivity contribution < 1.29 is 0 Å². The number of hydrogen-bond donors (Lipinski definition) is 0. The molecule has 0 saturated heterocycles. The molecular weight excluding hydrogens is 284 g/mol. The third-order valence-corrected chi connectivity index (χ3v) is 2.82. The van der Waals surface area contributed by atoms with Gasteiger partial charge in [-0.05, 0) is 43.3 Å². The average Bonchev–Trinajstić information content (AvgIpc) is 2.47. The van der Waals surface area contributed by atoms with Crippen LogP contribution in [0.1, 0.15) is 6.92 Å². The zero-order valence-corrected chi connectivity index (χ0v) is 13.2. The molecule has 2 aromatic carbocycles. The molecular formula is C16H19ClN4. The Morgan fingerprint density at radius 2 is 1.24 bits per heavy atom. The number of benzene rings is 2. The summed E-state index contributed by atoms with van der Waals surface area (Å²) in [5.74, 6) is 0.962. The van der Waals surface area contributed by atoms with Gasteiger partial charge in [-0.15, -0.1) is 12.4 Å². The van der Waals surface area contributed by atoms with Crippen LogP contribution in [0.25, 0.3) is 0 Å². The molecule has 0 atom stereocenters. The van der Waals surface area contributed by atoms with Crippen molar-refractivity contribution in [1.29, 1.82) is 0 Å². The van der Waals surface area contributed by atoms with Crippen LogP contribution in [0.3, 0.4) is 0 Å². The van der Waals surface area contributed by atoms with E-state index in [1.54, 1.807) is 0 Å². The molecule has 2 aromatic rings. The van der Waals surface area contributed by atoms with Gasteiger partial charge in [0.15, 0.2) is 0 Å². The van der Waals surface area contributed by atoms with E-state index >= 15 is 0 Å². The van der Waals surface area contributed by atoms with E-state index in [0.717, 1.165) is 22.9 Å². The lowest BCUT2D eigenvalue weighted by atomic mass is 10.3. The van der Waals surface area contributed by atoms with Crippen LogP contribution in [-0.2, 0) is 0 Å². The van der Waals surface area contributed by atoms with Gasteiger partial charge in [-0.2, -0.15) is 10.2 Å². The zero-order valence-electron chi connectivity index (χ0n) is 12.4. The number of hydrogen-bond acceptors (Lipinski definition) is 3. The van der Waals surface area contributed by atoms with Crippen molar-refractivity contribution in [2.45, 2.75) is 6.92 Å². The minimum atomic E-state index is 0. The molecule has 0 saturated carbocycles. The van der Waals surface area contributed by atoms with Gasteiger partial charge in [0.05, 0.1) is 17.1 Å². The number of amidine groups is 1. The van der Waals surface area contributed by atoms with Crippen LogP contribution in [0.4, 0.5) is 17.1 Å². The van der Waals surface area contributed by atoms with E-state index in [9.17, 15) is 0 Å². The molecule has 4 nitrogen and oxygen atoms in total. The van der Waals surface area contributed by atoms with E-state index < -0.39 is 0 Å². The van der Waals surface area contributed by atoms with Crippen molar-refractivity contribution in [2.75, 3.05) is 14.1 Å². The first-order valence-corrected chi connectivity index (χ1v) is 6.44. The molecule has 0 unspecified atom stereocenters. The van der Waals surface area contributed by atoms with Crippen molar-refractivity contribution in [3.05, 3.63) is 54.6 Å². The minimum absolute atomic E-state index is 0. The summed E-state index contributed by atoms with van der Waals surface area (Å²) < 4.78 is 0. The third kappa shape index (κ3) is 5.36. The summed E-state index contributed by atoms with van der Waals surface area (Å²) in [5.41, 5.74) is 2.57. The lowest BCUT2D eigenvalue weighted by molar-refractivity contribution is 0.619. The lowest BCUT2D eigenvalue weighted by Gasteiger charge is -2.10. The highest BCUT2D eigenvalue weighted by molar-refractivity contribution is 5.85. The molecule has 0 amide bonds. The molecule has 110 valence electrons. The van der Waals surface area contributed by atoms with E-state index in [1.165, 1.54) is 0 Å². The predicted octanol–water partition coefficient (Wildman–Crippen LogP) is 5.14. The van der Waals surface area contributed by atoms with Gasteiger partial charge in [0, 0.05) is 14.1 Å². The molecule has 0 fully saturated rings. The van der Waals surface area contributed by atoms with Gasteiger partial charge in [0.2, 0.25) is 0 Å². The summed E-state index contributed by atoms with van der Waals surface area (Å²) in [4.78, 5) is 6.46. The highest BCUT2D eigenvalue weighted by Crippen LogP contribution is 2.21. The van der Waals surface area contributed by atoms with Gasteiger partial charge in [0.1, 0.15) is 5.84 Å². The minimum Gasteiger partial charge on any atom is -0.366 e. The van der Waals surface area contributed by atoms with Crippen molar-refractivity contribution in [2.24, 2.45) is 15.2 Å². The zero-order chi connectivity index (χ0) is 14.4. The van der Waals surface area contributed by atoms with Gasteiger partial charge in [-0.1, -0.05) is 18.2 Å². The molecule has 0 aliphatic carbocycles. The summed E-state index contributed by atoms with van der Waals surface area (Å²) in [6.45, 7) is 1.98. The highest BCUT2D eigenvalue weighted by atomic mass is 35.5. The van der Waals surface area contributed by atoms with Crippen LogP contribution in [0, 0.1) is 0 Å². The Hall–Kier alpha value is -2.20. The third-order valence-electron chi connectivity index (χ3n) is 2.82. The van der Waals surface area contributed by atoms with Gasteiger partial charge in [0.25, 0.3) is 0 Å². The van der Waals surface area contributed by atoms with Crippen LogP contribution in [-0.4, -0.2) is 24.8 Å². The molecule has 0 N–H and O–H groups in total. The number of aliphatic imine (C=N–C) groups is 1. The second-order valence-electron chi connectivity index (χ2n) is 4.61. The number of azo groups is 1. The second-order valence-corrected chi connectivity index (χ2v) is 4.61. The molecule has 0 heterocycles. The SMILES string of the molecule is CC(=Nc1ccc(N=Nc2ccccc2)cc1)N(C)C.Cl. The molecule has 0 bridgehead atoms. The first-order chi connectivity index (χ1) is 9.65. The van der Waals surface area contributed by atoms with Crippen LogP contribution in [0.15, 0.2) is 69.8 Å². The maximum absolute atomic E-state index is 4.49. The van der Waals surface area contributed by atoms with E-state index in [1.807, 2.05) is 80.5 Å². The maximum Gasteiger partial charge on any atom is 0.101 e.